The van der Waals surface area contributed by atoms with Crippen molar-refractivity contribution in [2.75, 3.05) is 24.5 Å². The Morgan fingerprint density at radius 3 is 2.71 bits per heavy atom. The standard InChI is InChI=1S/C11H15F3N4OS2/c1-7(8(19)15-6-11(12,13)14)20-10-17-16-9(21-10)18-4-2-3-5-18/h7H,2-6H2,1H3,(H,15,19)/t7-/m1/s1. The fourth-order valence-corrected chi connectivity index (χ4v) is 3.88. The van der Waals surface area contributed by atoms with Crippen LogP contribution in [0, 0.1) is 0 Å². The van der Waals surface area contributed by atoms with Gasteiger partial charge in [0.2, 0.25) is 11.0 Å². The van der Waals surface area contributed by atoms with Gasteiger partial charge in [0.15, 0.2) is 4.34 Å². The molecule has 0 saturated carbocycles. The third-order valence-electron chi connectivity index (χ3n) is 2.88. The predicted molar refractivity (Wildman–Crippen MR) is 75.7 cm³/mol. The molecule has 0 spiro atoms. The Morgan fingerprint density at radius 1 is 1.43 bits per heavy atom. The number of alkyl halides is 3. The maximum absolute atomic E-state index is 12.0. The normalized spacial score (nSPS) is 17.0. The van der Waals surface area contributed by atoms with Crippen LogP contribution in [0.5, 0.6) is 0 Å². The predicted octanol–water partition coefficient (Wildman–Crippen LogP) is 2.30. The molecule has 0 aromatic carbocycles. The summed E-state index contributed by atoms with van der Waals surface area (Å²) in [5.41, 5.74) is 0. The van der Waals surface area contributed by atoms with Gasteiger partial charge in [0, 0.05) is 13.1 Å². The number of hydrogen-bond acceptors (Lipinski definition) is 6. The van der Waals surface area contributed by atoms with Crippen LogP contribution in [0.2, 0.25) is 0 Å². The van der Waals surface area contributed by atoms with Gasteiger partial charge in [-0.1, -0.05) is 23.1 Å². The third-order valence-corrected chi connectivity index (χ3v) is 5.05. The third kappa shape index (κ3) is 5.03. The maximum Gasteiger partial charge on any atom is 0.405 e. The Kier molecular flexibility index (Phi) is 5.31. The van der Waals surface area contributed by atoms with E-state index in [9.17, 15) is 18.0 Å². The van der Waals surface area contributed by atoms with Gasteiger partial charge < -0.3 is 10.2 Å². The summed E-state index contributed by atoms with van der Waals surface area (Å²) in [6.45, 7) is 2.13. The molecule has 1 aromatic heterocycles. The van der Waals surface area contributed by atoms with Crippen LogP contribution >= 0.6 is 23.1 Å². The second-order valence-corrected chi connectivity index (χ2v) is 7.18. The smallest absolute Gasteiger partial charge is 0.347 e. The number of amides is 1. The van der Waals surface area contributed by atoms with Crippen molar-refractivity contribution in [3.63, 3.8) is 0 Å². The van der Waals surface area contributed by atoms with Crippen molar-refractivity contribution in [2.24, 2.45) is 0 Å². The lowest BCUT2D eigenvalue weighted by atomic mass is 10.4. The molecule has 0 radical (unpaired) electrons. The summed E-state index contributed by atoms with van der Waals surface area (Å²) in [7, 11) is 0. The van der Waals surface area contributed by atoms with Crippen molar-refractivity contribution in [3.8, 4) is 0 Å². The van der Waals surface area contributed by atoms with E-state index >= 15 is 0 Å². The van der Waals surface area contributed by atoms with Crippen molar-refractivity contribution in [2.45, 2.75) is 35.5 Å². The summed E-state index contributed by atoms with van der Waals surface area (Å²) < 4.78 is 36.7. The van der Waals surface area contributed by atoms with Crippen molar-refractivity contribution >= 4 is 34.1 Å². The Labute approximate surface area is 128 Å². The molecule has 0 aliphatic carbocycles. The van der Waals surface area contributed by atoms with Crippen molar-refractivity contribution in [1.29, 1.82) is 0 Å². The first-order valence-corrected chi connectivity index (χ1v) is 8.14. The van der Waals surface area contributed by atoms with E-state index in [1.54, 1.807) is 6.92 Å². The minimum atomic E-state index is -4.40. The van der Waals surface area contributed by atoms with Gasteiger partial charge in [-0.25, -0.2) is 0 Å². The number of halogens is 3. The number of rotatable bonds is 5. The quantitative estimate of drug-likeness (QED) is 0.834. The van der Waals surface area contributed by atoms with Crippen molar-refractivity contribution in [1.82, 2.24) is 15.5 Å². The second-order valence-electron chi connectivity index (χ2n) is 4.64. The molecule has 118 valence electrons. The first-order valence-electron chi connectivity index (χ1n) is 6.45. The van der Waals surface area contributed by atoms with Crippen LogP contribution in [0.3, 0.4) is 0 Å². The molecule has 21 heavy (non-hydrogen) atoms. The Balaban J connectivity index is 1.84. The molecule has 2 heterocycles. The van der Waals surface area contributed by atoms with E-state index < -0.39 is 23.9 Å². The zero-order chi connectivity index (χ0) is 15.5. The molecule has 0 bridgehead atoms. The fourth-order valence-electron chi connectivity index (χ4n) is 1.82. The van der Waals surface area contributed by atoms with Crippen LogP contribution in [-0.2, 0) is 4.79 Å². The van der Waals surface area contributed by atoms with Crippen LogP contribution in [0.1, 0.15) is 19.8 Å². The van der Waals surface area contributed by atoms with E-state index in [1.165, 1.54) is 11.3 Å². The molecular formula is C11H15F3N4OS2. The van der Waals surface area contributed by atoms with E-state index in [0.29, 0.717) is 4.34 Å². The van der Waals surface area contributed by atoms with Gasteiger partial charge in [0.1, 0.15) is 6.54 Å². The first kappa shape index (κ1) is 16.3. The molecule has 1 atom stereocenters. The number of carbonyl (C=O) groups excluding carboxylic acids is 1. The number of hydrogen-bond donors (Lipinski definition) is 1. The summed E-state index contributed by atoms with van der Waals surface area (Å²) in [6.07, 6.45) is -2.15. The molecule has 5 nitrogen and oxygen atoms in total. The molecular weight excluding hydrogens is 325 g/mol. The number of anilines is 1. The zero-order valence-electron chi connectivity index (χ0n) is 11.3. The summed E-state index contributed by atoms with van der Waals surface area (Å²) in [5, 5.41) is 10.1. The molecule has 10 heteroatoms. The lowest BCUT2D eigenvalue weighted by molar-refractivity contribution is -0.137. The molecule has 0 unspecified atom stereocenters. The van der Waals surface area contributed by atoms with E-state index in [2.05, 4.69) is 15.1 Å². The molecule has 1 aliphatic rings. The van der Waals surface area contributed by atoms with Gasteiger partial charge in [-0.2, -0.15) is 13.2 Å². The lowest BCUT2D eigenvalue weighted by Gasteiger charge is -2.12. The van der Waals surface area contributed by atoms with E-state index in [-0.39, 0.29) is 0 Å². The zero-order valence-corrected chi connectivity index (χ0v) is 12.9. The second kappa shape index (κ2) is 6.82. The van der Waals surface area contributed by atoms with Crippen LogP contribution in [0.4, 0.5) is 18.3 Å². The maximum atomic E-state index is 12.0. The average Bonchev–Trinajstić information content (AvgIpc) is 3.04. The monoisotopic (exact) mass is 340 g/mol. The SMILES string of the molecule is C[C@@H](Sc1nnc(N2CCCC2)s1)C(=O)NCC(F)(F)F. The highest BCUT2D eigenvalue weighted by atomic mass is 32.2. The molecule has 1 amide bonds. The average molecular weight is 340 g/mol. The Hall–Kier alpha value is -1.03. The number of nitrogens with one attached hydrogen (secondary N) is 1. The van der Waals surface area contributed by atoms with Gasteiger partial charge in [0.25, 0.3) is 0 Å². The minimum absolute atomic E-state index is 0.589. The van der Waals surface area contributed by atoms with Crippen LogP contribution < -0.4 is 10.2 Å². The highest BCUT2D eigenvalue weighted by Crippen LogP contribution is 2.32. The van der Waals surface area contributed by atoms with Gasteiger partial charge in [-0.15, -0.1) is 10.2 Å². The van der Waals surface area contributed by atoms with Crippen LogP contribution in [-0.4, -0.2) is 47.2 Å². The molecule has 1 fully saturated rings. The molecule has 1 saturated heterocycles. The van der Waals surface area contributed by atoms with Crippen LogP contribution in [0.25, 0.3) is 0 Å². The van der Waals surface area contributed by atoms with E-state index in [1.807, 2.05) is 5.32 Å². The molecule has 2 rings (SSSR count). The van der Waals surface area contributed by atoms with Crippen LogP contribution in [0.15, 0.2) is 4.34 Å². The summed E-state index contributed by atoms with van der Waals surface area (Å²) in [5.74, 6) is -0.657. The number of thioether (sulfide) groups is 1. The van der Waals surface area contributed by atoms with Crippen molar-refractivity contribution in [3.05, 3.63) is 0 Å². The number of aromatic nitrogens is 2. The summed E-state index contributed by atoms with van der Waals surface area (Å²) in [6, 6.07) is 0. The van der Waals surface area contributed by atoms with Gasteiger partial charge in [-0.3, -0.25) is 4.79 Å². The fraction of sp³-hybridized carbons (Fsp3) is 0.727. The molecule has 1 aliphatic heterocycles. The highest BCUT2D eigenvalue weighted by molar-refractivity contribution is 8.02. The van der Waals surface area contributed by atoms with E-state index in [0.717, 1.165) is 42.8 Å². The molecule has 1 aromatic rings. The largest absolute Gasteiger partial charge is 0.405 e. The van der Waals surface area contributed by atoms with Gasteiger partial charge in [0.05, 0.1) is 5.25 Å². The topological polar surface area (TPSA) is 58.1 Å². The Bertz CT molecular complexity index is 488. The van der Waals surface area contributed by atoms with Gasteiger partial charge >= 0.3 is 6.18 Å². The highest BCUT2D eigenvalue weighted by Gasteiger charge is 2.29. The van der Waals surface area contributed by atoms with Gasteiger partial charge in [-0.05, 0) is 19.8 Å². The number of carbonyl (C=O) groups is 1. The summed E-state index contributed by atoms with van der Waals surface area (Å²) in [4.78, 5) is 13.7. The van der Waals surface area contributed by atoms with Crippen molar-refractivity contribution < 1.29 is 18.0 Å². The number of nitrogens with zero attached hydrogens (tertiary/aromatic N) is 3. The molecule has 1 N–H and O–H groups in total. The minimum Gasteiger partial charge on any atom is -0.347 e. The first-order chi connectivity index (χ1) is 9.85. The van der Waals surface area contributed by atoms with E-state index in [4.69, 9.17) is 0 Å². The summed E-state index contributed by atoms with van der Waals surface area (Å²) >= 11 is 2.48. The lowest BCUT2D eigenvalue weighted by Crippen LogP contribution is -2.37. The Morgan fingerprint density at radius 2 is 2.10 bits per heavy atom.